The Balaban J connectivity index is 1.75. The number of carbonyl (C=O) groups excluding carboxylic acids is 1. The molecule has 1 aliphatic heterocycles. The van der Waals surface area contributed by atoms with Gasteiger partial charge in [0.1, 0.15) is 0 Å². The number of aryl methyl sites for hydroxylation is 1. The molecule has 1 atom stereocenters. The second-order valence-electron chi connectivity index (χ2n) is 5.59. The Hall–Kier alpha value is -1.81. The summed E-state index contributed by atoms with van der Waals surface area (Å²) >= 11 is 6.15. The van der Waals surface area contributed by atoms with E-state index in [0.717, 1.165) is 42.8 Å². The van der Waals surface area contributed by atoms with E-state index in [9.17, 15) is 4.79 Å². The number of amides is 1. The number of carbonyl (C=O) groups is 1. The van der Waals surface area contributed by atoms with E-state index < -0.39 is 0 Å². The molecule has 1 fully saturated rings. The third kappa shape index (κ3) is 3.02. The van der Waals surface area contributed by atoms with Crippen molar-refractivity contribution in [2.45, 2.75) is 38.6 Å². The molecule has 1 aliphatic rings. The molecule has 0 spiro atoms. The minimum absolute atomic E-state index is 0.00258. The minimum atomic E-state index is 0.00258. The fourth-order valence-corrected chi connectivity index (χ4v) is 3.12. The monoisotopic (exact) mass is 318 g/mol. The minimum Gasteiger partial charge on any atom is -0.359 e. The topological polar surface area (TPSA) is 46.3 Å². The summed E-state index contributed by atoms with van der Waals surface area (Å²) in [7, 11) is 0. The molecule has 3 rings (SSSR count). The van der Waals surface area contributed by atoms with Gasteiger partial charge >= 0.3 is 0 Å². The summed E-state index contributed by atoms with van der Waals surface area (Å²) in [5.74, 6) is 0.881. The maximum Gasteiger partial charge on any atom is 0.227 e. The van der Waals surface area contributed by atoms with Crippen LogP contribution in [-0.2, 0) is 17.6 Å². The van der Waals surface area contributed by atoms with E-state index in [1.54, 1.807) is 0 Å². The molecule has 1 aromatic carbocycles. The van der Waals surface area contributed by atoms with Gasteiger partial charge in [-0.05, 0) is 30.9 Å². The molecule has 0 saturated carbocycles. The lowest BCUT2D eigenvalue weighted by atomic mass is 10.1. The van der Waals surface area contributed by atoms with Crippen molar-refractivity contribution in [3.8, 4) is 0 Å². The highest BCUT2D eigenvalue weighted by Gasteiger charge is 2.32. The van der Waals surface area contributed by atoms with Gasteiger partial charge in [-0.15, -0.1) is 0 Å². The second-order valence-corrected chi connectivity index (χ2v) is 5.99. The summed E-state index contributed by atoms with van der Waals surface area (Å²) in [6, 6.07) is 9.45. The average molecular weight is 319 g/mol. The lowest BCUT2D eigenvalue weighted by molar-refractivity contribution is -0.131. The molecule has 0 unspecified atom stereocenters. The average Bonchev–Trinajstić information content (AvgIpc) is 3.17. The van der Waals surface area contributed by atoms with E-state index in [2.05, 4.69) is 5.16 Å². The van der Waals surface area contributed by atoms with Gasteiger partial charge in [0.05, 0.1) is 18.2 Å². The van der Waals surface area contributed by atoms with Crippen LogP contribution in [-0.4, -0.2) is 22.5 Å². The molecule has 1 amide bonds. The summed E-state index contributed by atoms with van der Waals surface area (Å²) in [4.78, 5) is 14.5. The molecule has 2 aromatic rings. The van der Waals surface area contributed by atoms with Crippen LogP contribution in [0.25, 0.3) is 0 Å². The Labute approximate surface area is 135 Å². The highest BCUT2D eigenvalue weighted by atomic mass is 35.5. The Morgan fingerprint density at radius 2 is 2.27 bits per heavy atom. The molecule has 116 valence electrons. The van der Waals surface area contributed by atoms with Crippen LogP contribution in [0.4, 0.5) is 0 Å². The van der Waals surface area contributed by atoms with Gasteiger partial charge in [0.25, 0.3) is 0 Å². The Bertz CT molecular complexity index is 668. The summed E-state index contributed by atoms with van der Waals surface area (Å²) in [6.45, 7) is 2.80. The first kappa shape index (κ1) is 15.1. The van der Waals surface area contributed by atoms with E-state index in [1.165, 1.54) is 0 Å². The summed E-state index contributed by atoms with van der Waals surface area (Å²) in [5, 5.41) is 4.68. The molecule has 1 aromatic heterocycles. The Kier molecular flexibility index (Phi) is 4.48. The zero-order valence-corrected chi connectivity index (χ0v) is 13.3. The molecule has 1 saturated heterocycles. The van der Waals surface area contributed by atoms with Gasteiger partial charge in [0.15, 0.2) is 5.76 Å². The molecule has 22 heavy (non-hydrogen) atoms. The fourth-order valence-electron chi connectivity index (χ4n) is 2.92. The van der Waals surface area contributed by atoms with Gasteiger partial charge in [0, 0.05) is 17.6 Å². The van der Waals surface area contributed by atoms with Crippen molar-refractivity contribution in [3.05, 3.63) is 52.4 Å². The van der Waals surface area contributed by atoms with Crippen LogP contribution in [0.1, 0.15) is 42.8 Å². The number of likely N-dealkylation sites (tertiary alicyclic amines) is 1. The highest BCUT2D eigenvalue weighted by Crippen LogP contribution is 2.33. The zero-order valence-electron chi connectivity index (χ0n) is 12.6. The van der Waals surface area contributed by atoms with Crippen molar-refractivity contribution >= 4 is 17.5 Å². The van der Waals surface area contributed by atoms with E-state index in [-0.39, 0.29) is 11.9 Å². The first-order chi connectivity index (χ1) is 10.7. The van der Waals surface area contributed by atoms with Crippen molar-refractivity contribution in [1.29, 1.82) is 0 Å². The predicted molar refractivity (Wildman–Crippen MR) is 84.7 cm³/mol. The zero-order chi connectivity index (χ0) is 15.5. The van der Waals surface area contributed by atoms with E-state index in [1.807, 2.05) is 42.2 Å². The van der Waals surface area contributed by atoms with Crippen LogP contribution in [0.15, 0.2) is 34.9 Å². The normalized spacial score (nSPS) is 17.9. The number of hydrogen-bond acceptors (Lipinski definition) is 3. The first-order valence-electron chi connectivity index (χ1n) is 7.67. The molecule has 0 bridgehead atoms. The van der Waals surface area contributed by atoms with E-state index >= 15 is 0 Å². The number of nitrogens with zero attached hydrogens (tertiary/aromatic N) is 2. The lowest BCUT2D eigenvalue weighted by Gasteiger charge is -2.23. The van der Waals surface area contributed by atoms with Crippen molar-refractivity contribution in [3.63, 3.8) is 0 Å². The third-order valence-corrected chi connectivity index (χ3v) is 4.51. The molecular formula is C17H19ClN2O2. The molecule has 4 nitrogen and oxygen atoms in total. The maximum absolute atomic E-state index is 12.6. The van der Waals surface area contributed by atoms with E-state index in [0.29, 0.717) is 11.4 Å². The van der Waals surface area contributed by atoms with Crippen molar-refractivity contribution in [1.82, 2.24) is 10.1 Å². The van der Waals surface area contributed by atoms with Gasteiger partial charge in [-0.3, -0.25) is 4.79 Å². The molecule has 0 radical (unpaired) electrons. The fraction of sp³-hybridized carbons (Fsp3) is 0.412. The second kappa shape index (κ2) is 6.53. The van der Waals surface area contributed by atoms with Crippen molar-refractivity contribution in [2.75, 3.05) is 6.54 Å². The molecular weight excluding hydrogens is 300 g/mol. The number of rotatable bonds is 4. The first-order valence-corrected chi connectivity index (χ1v) is 8.05. The molecule has 5 heteroatoms. The van der Waals surface area contributed by atoms with Crippen LogP contribution >= 0.6 is 11.6 Å². The van der Waals surface area contributed by atoms with Crippen LogP contribution < -0.4 is 0 Å². The standard InChI is InChI=1S/C17H19ClN2O2/c1-2-13-11-16(22-19-13)15-8-5-9-20(15)17(21)10-12-6-3-4-7-14(12)18/h3-4,6-7,11,15H,2,5,8-10H2,1H3/t15-/m1/s1. The summed E-state index contributed by atoms with van der Waals surface area (Å²) in [6.07, 6.45) is 3.07. The quantitative estimate of drug-likeness (QED) is 0.861. The van der Waals surface area contributed by atoms with Crippen LogP contribution in [0.3, 0.4) is 0 Å². The van der Waals surface area contributed by atoms with Crippen LogP contribution in [0, 0.1) is 0 Å². The predicted octanol–water partition coefficient (Wildman–Crippen LogP) is 3.80. The Morgan fingerprint density at radius 3 is 3.00 bits per heavy atom. The Morgan fingerprint density at radius 1 is 1.45 bits per heavy atom. The number of hydrogen-bond donors (Lipinski definition) is 0. The van der Waals surface area contributed by atoms with Gasteiger partial charge in [-0.1, -0.05) is 41.9 Å². The van der Waals surface area contributed by atoms with Crippen LogP contribution in [0.5, 0.6) is 0 Å². The summed E-state index contributed by atoms with van der Waals surface area (Å²) in [5.41, 5.74) is 1.80. The van der Waals surface area contributed by atoms with E-state index in [4.69, 9.17) is 16.1 Å². The highest BCUT2D eigenvalue weighted by molar-refractivity contribution is 6.31. The van der Waals surface area contributed by atoms with Crippen molar-refractivity contribution < 1.29 is 9.32 Å². The van der Waals surface area contributed by atoms with Gasteiger partial charge < -0.3 is 9.42 Å². The third-order valence-electron chi connectivity index (χ3n) is 4.14. The van der Waals surface area contributed by atoms with Gasteiger partial charge in [-0.25, -0.2) is 0 Å². The molecule has 2 heterocycles. The van der Waals surface area contributed by atoms with Crippen LogP contribution in [0.2, 0.25) is 5.02 Å². The number of aromatic nitrogens is 1. The molecule has 0 N–H and O–H groups in total. The maximum atomic E-state index is 12.6. The van der Waals surface area contributed by atoms with Gasteiger partial charge in [0.2, 0.25) is 5.91 Å². The smallest absolute Gasteiger partial charge is 0.227 e. The van der Waals surface area contributed by atoms with Gasteiger partial charge in [-0.2, -0.15) is 0 Å². The number of benzene rings is 1. The SMILES string of the molecule is CCc1cc([C@H]2CCCN2C(=O)Cc2ccccc2Cl)on1. The molecule has 0 aliphatic carbocycles. The largest absolute Gasteiger partial charge is 0.359 e. The summed E-state index contributed by atoms with van der Waals surface area (Å²) < 4.78 is 5.42. The van der Waals surface area contributed by atoms with Crippen molar-refractivity contribution in [2.24, 2.45) is 0 Å². The lowest BCUT2D eigenvalue weighted by Crippen LogP contribution is -2.31. The number of halogens is 1.